The number of para-hydroxylation sites is 1. The predicted molar refractivity (Wildman–Crippen MR) is 128 cm³/mol. The minimum absolute atomic E-state index is 0.160. The van der Waals surface area contributed by atoms with Crippen LogP contribution in [0.3, 0.4) is 0 Å². The lowest BCUT2D eigenvalue weighted by atomic mass is 10.2. The van der Waals surface area contributed by atoms with Gasteiger partial charge >= 0.3 is 6.09 Å². The van der Waals surface area contributed by atoms with E-state index in [0.29, 0.717) is 31.9 Å². The van der Waals surface area contributed by atoms with Gasteiger partial charge in [-0.15, -0.1) is 0 Å². The lowest BCUT2D eigenvalue weighted by Gasteiger charge is -2.36. The topological polar surface area (TPSA) is 68.3 Å². The number of allylic oxidation sites excluding steroid dienone is 1. The van der Waals surface area contributed by atoms with E-state index in [-0.39, 0.29) is 18.8 Å². The number of carbonyl (C=O) groups is 2. The van der Waals surface area contributed by atoms with Gasteiger partial charge in [0.25, 0.3) is 6.47 Å². The van der Waals surface area contributed by atoms with Crippen LogP contribution in [-0.2, 0) is 19.0 Å². The Hall–Kier alpha value is -3.13. The van der Waals surface area contributed by atoms with Gasteiger partial charge < -0.3 is 24.0 Å². The molecule has 0 atom stereocenters. The van der Waals surface area contributed by atoms with Crippen LogP contribution in [0.4, 0.5) is 10.5 Å². The number of amides is 1. The maximum atomic E-state index is 12.5. The smallest absolute Gasteiger partial charge is 0.410 e. The molecule has 1 amide bonds. The van der Waals surface area contributed by atoms with Gasteiger partial charge in [0.1, 0.15) is 5.76 Å². The number of hydrogen-bond acceptors (Lipinski definition) is 7. The van der Waals surface area contributed by atoms with Gasteiger partial charge in [-0.05, 0) is 44.5 Å². The molecule has 0 N–H and O–H groups in total. The molecule has 0 bridgehead atoms. The molecule has 176 valence electrons. The molecule has 1 fully saturated rings. The molecule has 8 heteroatoms. The van der Waals surface area contributed by atoms with E-state index >= 15 is 0 Å². The van der Waals surface area contributed by atoms with Crippen LogP contribution in [0.5, 0.6) is 0 Å². The van der Waals surface area contributed by atoms with Crippen molar-refractivity contribution in [2.24, 2.45) is 0 Å². The van der Waals surface area contributed by atoms with Gasteiger partial charge in [-0.2, -0.15) is 0 Å². The molecule has 7 nitrogen and oxygen atoms in total. The number of hydrogen-bond donors (Lipinski definition) is 0. The molecule has 0 saturated carbocycles. The Morgan fingerprint density at radius 1 is 1.06 bits per heavy atom. The van der Waals surface area contributed by atoms with Crippen LogP contribution in [0, 0.1) is 13.8 Å². The number of anilines is 1. The molecule has 0 spiro atoms. The van der Waals surface area contributed by atoms with Crippen molar-refractivity contribution in [3.8, 4) is 0 Å². The molecule has 0 aliphatic carbocycles. The van der Waals surface area contributed by atoms with E-state index in [9.17, 15) is 9.59 Å². The number of rotatable bonds is 8. The third kappa shape index (κ3) is 6.44. The summed E-state index contributed by atoms with van der Waals surface area (Å²) in [5, 5.41) is 0. The maximum absolute atomic E-state index is 12.5. The largest absolute Gasteiger partial charge is 0.498 e. The van der Waals surface area contributed by atoms with E-state index in [0.717, 1.165) is 5.69 Å². The molecule has 0 unspecified atom stereocenters. The summed E-state index contributed by atoms with van der Waals surface area (Å²) < 4.78 is 15.2. The Morgan fingerprint density at radius 2 is 1.79 bits per heavy atom. The highest BCUT2D eigenvalue weighted by molar-refractivity contribution is 7.99. The SMILES string of the molecule is CO/C(C)=C(/COC(=O)N1CCN(c2ccccc2Sc2ccc(C)cc2C)CC1)OC=O. The first-order valence-corrected chi connectivity index (χ1v) is 11.6. The third-order valence-electron chi connectivity index (χ3n) is 5.51. The van der Waals surface area contributed by atoms with E-state index in [4.69, 9.17) is 14.2 Å². The van der Waals surface area contributed by atoms with Gasteiger partial charge in [-0.3, -0.25) is 4.79 Å². The molecule has 33 heavy (non-hydrogen) atoms. The Labute approximate surface area is 199 Å². The van der Waals surface area contributed by atoms with Crippen LogP contribution in [0.25, 0.3) is 0 Å². The van der Waals surface area contributed by atoms with Crippen molar-refractivity contribution in [3.05, 3.63) is 65.1 Å². The fraction of sp³-hybridized carbons (Fsp3) is 0.360. The highest BCUT2D eigenvalue weighted by atomic mass is 32.2. The summed E-state index contributed by atoms with van der Waals surface area (Å²) in [4.78, 5) is 29.6. The van der Waals surface area contributed by atoms with Crippen LogP contribution in [0.2, 0.25) is 0 Å². The molecule has 0 aromatic heterocycles. The second kappa shape index (κ2) is 11.7. The molecule has 1 saturated heterocycles. The molecule has 1 aliphatic rings. The highest BCUT2D eigenvalue weighted by Crippen LogP contribution is 2.37. The number of aryl methyl sites for hydroxylation is 2. The van der Waals surface area contributed by atoms with Crippen molar-refractivity contribution in [3.63, 3.8) is 0 Å². The van der Waals surface area contributed by atoms with Crippen molar-refractivity contribution in [2.45, 2.75) is 30.6 Å². The van der Waals surface area contributed by atoms with Crippen molar-refractivity contribution in [1.29, 1.82) is 0 Å². The summed E-state index contributed by atoms with van der Waals surface area (Å²) in [5.41, 5.74) is 3.68. The summed E-state index contributed by atoms with van der Waals surface area (Å²) in [6.45, 7) is 8.48. The summed E-state index contributed by atoms with van der Waals surface area (Å²) in [7, 11) is 1.46. The fourth-order valence-corrected chi connectivity index (χ4v) is 4.62. The van der Waals surface area contributed by atoms with Gasteiger partial charge in [-0.1, -0.05) is 41.6 Å². The number of benzene rings is 2. The summed E-state index contributed by atoms with van der Waals surface area (Å²) in [5.74, 6) is 0.564. The first-order valence-electron chi connectivity index (χ1n) is 10.8. The Bertz CT molecular complexity index is 1020. The van der Waals surface area contributed by atoms with E-state index in [2.05, 4.69) is 55.1 Å². The molecule has 0 radical (unpaired) electrons. The lowest BCUT2D eigenvalue weighted by molar-refractivity contribution is -0.126. The number of carbonyl (C=O) groups excluding carboxylic acids is 2. The zero-order valence-corrected chi connectivity index (χ0v) is 20.3. The van der Waals surface area contributed by atoms with Crippen molar-refractivity contribution >= 4 is 30.0 Å². The van der Waals surface area contributed by atoms with Crippen molar-refractivity contribution < 1.29 is 23.8 Å². The summed E-state index contributed by atoms with van der Waals surface area (Å²) in [6, 6.07) is 14.9. The quantitative estimate of drug-likeness (QED) is 0.407. The van der Waals surface area contributed by atoms with Crippen LogP contribution in [0.15, 0.2) is 63.8 Å². The number of nitrogens with zero attached hydrogens (tertiary/aromatic N) is 2. The average molecular weight is 471 g/mol. The Balaban J connectivity index is 1.61. The average Bonchev–Trinajstić information content (AvgIpc) is 2.83. The van der Waals surface area contributed by atoms with Gasteiger partial charge in [0, 0.05) is 36.0 Å². The van der Waals surface area contributed by atoms with Crippen LogP contribution in [0.1, 0.15) is 18.1 Å². The number of ether oxygens (including phenoxy) is 3. The monoisotopic (exact) mass is 470 g/mol. The first kappa shape index (κ1) is 24.5. The summed E-state index contributed by atoms with van der Waals surface area (Å²) in [6.07, 6.45) is -0.441. The lowest BCUT2D eigenvalue weighted by Crippen LogP contribution is -2.49. The maximum Gasteiger partial charge on any atom is 0.410 e. The molecule has 1 heterocycles. The minimum Gasteiger partial charge on any atom is -0.498 e. The Kier molecular flexibility index (Phi) is 8.65. The second-order valence-electron chi connectivity index (χ2n) is 7.76. The minimum atomic E-state index is -0.441. The molecular weight excluding hydrogens is 440 g/mol. The van der Waals surface area contributed by atoms with E-state index in [1.165, 1.54) is 28.0 Å². The van der Waals surface area contributed by atoms with Crippen molar-refractivity contribution in [2.75, 3.05) is 44.8 Å². The Morgan fingerprint density at radius 3 is 2.45 bits per heavy atom. The second-order valence-corrected chi connectivity index (χ2v) is 8.85. The fourth-order valence-electron chi connectivity index (χ4n) is 3.58. The molecule has 2 aromatic carbocycles. The van der Waals surface area contributed by atoms with E-state index in [1.807, 2.05) is 6.07 Å². The van der Waals surface area contributed by atoms with Crippen molar-refractivity contribution in [1.82, 2.24) is 4.90 Å². The third-order valence-corrected chi connectivity index (χ3v) is 6.75. The molecule has 2 aromatic rings. The predicted octanol–water partition coefficient (Wildman–Crippen LogP) is 4.76. The molecule has 1 aliphatic heterocycles. The standard InChI is InChI=1S/C25H30N2O5S/c1-18-9-10-23(19(2)15-18)33-24-8-6-5-7-21(24)26-11-13-27(14-12-26)25(29)31-16-22(32-17-28)20(3)30-4/h5-10,15,17H,11-14,16H2,1-4H3/b22-20-. The van der Waals surface area contributed by atoms with E-state index < -0.39 is 6.09 Å². The van der Waals surface area contributed by atoms with Crippen LogP contribution in [-0.4, -0.2) is 57.4 Å². The van der Waals surface area contributed by atoms with Gasteiger partial charge in [0.2, 0.25) is 0 Å². The highest BCUT2D eigenvalue weighted by Gasteiger charge is 2.24. The molecule has 3 rings (SSSR count). The van der Waals surface area contributed by atoms with Crippen LogP contribution >= 0.6 is 11.8 Å². The zero-order valence-electron chi connectivity index (χ0n) is 19.5. The number of piperazine rings is 1. The van der Waals surface area contributed by atoms with E-state index in [1.54, 1.807) is 23.6 Å². The number of methoxy groups -OCH3 is 1. The zero-order chi connectivity index (χ0) is 23.8. The van der Waals surface area contributed by atoms with Gasteiger partial charge in [-0.25, -0.2) is 4.79 Å². The summed E-state index contributed by atoms with van der Waals surface area (Å²) >= 11 is 1.76. The van der Waals surface area contributed by atoms with Crippen LogP contribution < -0.4 is 4.90 Å². The van der Waals surface area contributed by atoms with Gasteiger partial charge in [0.15, 0.2) is 12.4 Å². The molecular formula is C25H30N2O5S. The normalized spacial score (nSPS) is 14.4. The van der Waals surface area contributed by atoms with Gasteiger partial charge in [0.05, 0.1) is 12.8 Å². The first-order chi connectivity index (χ1) is 15.9.